The normalized spacial score (nSPS) is 12.0. The van der Waals surface area contributed by atoms with Gasteiger partial charge in [-0.25, -0.2) is 15.0 Å². The maximum absolute atomic E-state index is 5.94. The number of rotatable bonds is 15. The van der Waals surface area contributed by atoms with Gasteiger partial charge >= 0.3 is 0 Å². The fourth-order valence-electron chi connectivity index (χ4n) is 3.23. The summed E-state index contributed by atoms with van der Waals surface area (Å²) in [6, 6.07) is 7.33. The summed E-state index contributed by atoms with van der Waals surface area (Å²) in [5.74, 6) is 1.98. The zero-order valence-corrected chi connectivity index (χ0v) is 22.6. The zero-order chi connectivity index (χ0) is 25.9. The van der Waals surface area contributed by atoms with E-state index in [1.54, 1.807) is 25.6 Å². The van der Waals surface area contributed by atoms with Crippen LogP contribution in [0.3, 0.4) is 0 Å². The average Bonchev–Trinajstić information content (AvgIpc) is 3.24. The number of hydrogen-bond acceptors (Lipinski definition) is 12. The number of aryl methyl sites for hydroxylation is 1. The van der Waals surface area contributed by atoms with E-state index in [1.165, 1.54) is 17.8 Å². The monoisotopic (exact) mass is 535 g/mol. The van der Waals surface area contributed by atoms with Crippen molar-refractivity contribution in [2.75, 3.05) is 65.3 Å². The molecule has 2 heterocycles. The highest BCUT2D eigenvalue weighted by atomic mass is 32.2. The number of nitrogens with two attached hydrogens (primary N) is 2. The number of thioether (sulfide) groups is 1. The standard InChI is InChI=1S/C24H33N5O5S2/c1-15-22(16(2)36-24-27-20(25)14-21(26)28-24)29-23(35-15)17-5-6-18(31-4)19(13-17)34-12-11-33-10-9-32-8-7-30-3/h5-6,13-14,16H,7-12H2,1-4H3,(H4,25,26,27,28). The van der Waals surface area contributed by atoms with Gasteiger partial charge in [0.1, 0.15) is 23.3 Å². The summed E-state index contributed by atoms with van der Waals surface area (Å²) in [7, 11) is 3.26. The van der Waals surface area contributed by atoms with E-state index in [-0.39, 0.29) is 5.25 Å². The molecule has 2 aromatic heterocycles. The molecule has 0 fully saturated rings. The molecule has 36 heavy (non-hydrogen) atoms. The van der Waals surface area contributed by atoms with Gasteiger partial charge in [0.25, 0.3) is 0 Å². The number of ether oxygens (including phenoxy) is 5. The van der Waals surface area contributed by atoms with Crippen molar-refractivity contribution in [3.63, 3.8) is 0 Å². The summed E-state index contributed by atoms with van der Waals surface area (Å²) in [6.45, 7) is 7.08. The third-order valence-electron chi connectivity index (χ3n) is 4.94. The van der Waals surface area contributed by atoms with Crippen LogP contribution < -0.4 is 20.9 Å². The topological polar surface area (TPSA) is 137 Å². The fraction of sp³-hybridized carbons (Fsp3) is 0.458. The molecular weight excluding hydrogens is 502 g/mol. The Kier molecular flexibility index (Phi) is 11.0. The second kappa shape index (κ2) is 14.2. The van der Waals surface area contributed by atoms with Crippen LogP contribution in [0.25, 0.3) is 10.6 Å². The lowest BCUT2D eigenvalue weighted by atomic mass is 10.2. The van der Waals surface area contributed by atoms with E-state index in [0.717, 1.165) is 21.1 Å². The van der Waals surface area contributed by atoms with Crippen LogP contribution in [0.5, 0.6) is 11.5 Å². The molecule has 10 nitrogen and oxygen atoms in total. The molecule has 0 saturated heterocycles. The van der Waals surface area contributed by atoms with Crippen LogP contribution in [-0.4, -0.2) is 68.8 Å². The first kappa shape index (κ1) is 27.9. The van der Waals surface area contributed by atoms with Gasteiger partial charge in [0.2, 0.25) is 0 Å². The minimum atomic E-state index is 0.0146. The molecule has 1 unspecified atom stereocenters. The van der Waals surface area contributed by atoms with Crippen LogP contribution in [0, 0.1) is 6.92 Å². The van der Waals surface area contributed by atoms with E-state index in [9.17, 15) is 0 Å². The molecule has 0 bridgehead atoms. The second-order valence-electron chi connectivity index (χ2n) is 7.65. The van der Waals surface area contributed by atoms with Gasteiger partial charge in [-0.2, -0.15) is 0 Å². The summed E-state index contributed by atoms with van der Waals surface area (Å²) in [5, 5.41) is 1.43. The van der Waals surface area contributed by atoms with E-state index < -0.39 is 0 Å². The van der Waals surface area contributed by atoms with Crippen LogP contribution in [-0.2, 0) is 14.2 Å². The first-order valence-corrected chi connectivity index (χ1v) is 13.1. The number of anilines is 2. The molecule has 0 spiro atoms. The Labute approximate surface area is 219 Å². The molecule has 0 radical (unpaired) electrons. The van der Waals surface area contributed by atoms with Gasteiger partial charge in [-0.1, -0.05) is 11.8 Å². The predicted octanol–water partition coefficient (Wildman–Crippen LogP) is 3.99. The van der Waals surface area contributed by atoms with E-state index in [0.29, 0.717) is 67.9 Å². The summed E-state index contributed by atoms with van der Waals surface area (Å²) in [6.07, 6.45) is 0. The molecule has 196 valence electrons. The molecule has 3 rings (SSSR count). The summed E-state index contributed by atoms with van der Waals surface area (Å²) >= 11 is 3.09. The van der Waals surface area contributed by atoms with Crippen molar-refractivity contribution < 1.29 is 23.7 Å². The lowest BCUT2D eigenvalue weighted by Crippen LogP contribution is -2.12. The van der Waals surface area contributed by atoms with Crippen molar-refractivity contribution in [1.82, 2.24) is 15.0 Å². The predicted molar refractivity (Wildman–Crippen MR) is 143 cm³/mol. The van der Waals surface area contributed by atoms with Gasteiger partial charge < -0.3 is 35.2 Å². The Hall–Kier alpha value is -2.64. The molecular formula is C24H33N5O5S2. The minimum absolute atomic E-state index is 0.0146. The van der Waals surface area contributed by atoms with E-state index in [4.69, 9.17) is 40.1 Å². The molecule has 3 aromatic rings. The van der Waals surface area contributed by atoms with Gasteiger partial charge in [-0.15, -0.1) is 11.3 Å². The number of nitrogen functional groups attached to an aromatic ring is 2. The van der Waals surface area contributed by atoms with Crippen LogP contribution in [0.2, 0.25) is 0 Å². The number of aromatic nitrogens is 3. The van der Waals surface area contributed by atoms with Gasteiger partial charge in [0, 0.05) is 23.6 Å². The van der Waals surface area contributed by atoms with Crippen LogP contribution in [0.4, 0.5) is 11.6 Å². The third kappa shape index (κ3) is 8.20. The van der Waals surface area contributed by atoms with Crippen molar-refractivity contribution in [2.45, 2.75) is 24.3 Å². The van der Waals surface area contributed by atoms with Crippen molar-refractivity contribution in [3.8, 4) is 22.1 Å². The number of hydrogen-bond donors (Lipinski definition) is 2. The average molecular weight is 536 g/mol. The summed E-state index contributed by atoms with van der Waals surface area (Å²) in [4.78, 5) is 14.5. The number of thiazole rings is 1. The molecule has 4 N–H and O–H groups in total. The minimum Gasteiger partial charge on any atom is -0.493 e. The van der Waals surface area contributed by atoms with Crippen molar-refractivity contribution in [2.24, 2.45) is 0 Å². The van der Waals surface area contributed by atoms with Crippen LogP contribution >= 0.6 is 23.1 Å². The van der Waals surface area contributed by atoms with Gasteiger partial charge in [0.15, 0.2) is 16.7 Å². The van der Waals surface area contributed by atoms with Crippen molar-refractivity contribution in [1.29, 1.82) is 0 Å². The van der Waals surface area contributed by atoms with Gasteiger partial charge in [0.05, 0.1) is 51.1 Å². The maximum Gasteiger partial charge on any atom is 0.192 e. The SMILES string of the molecule is COCCOCCOCCOc1cc(-c2nc(C(C)Sc3nc(N)cc(N)n3)c(C)s2)ccc1OC. The summed E-state index contributed by atoms with van der Waals surface area (Å²) in [5.41, 5.74) is 13.5. The second-order valence-corrected chi connectivity index (χ2v) is 10.2. The number of methoxy groups -OCH3 is 2. The molecule has 1 atom stereocenters. The highest BCUT2D eigenvalue weighted by Gasteiger charge is 2.19. The van der Waals surface area contributed by atoms with E-state index >= 15 is 0 Å². The lowest BCUT2D eigenvalue weighted by molar-refractivity contribution is 0.0178. The van der Waals surface area contributed by atoms with Crippen molar-refractivity contribution in [3.05, 3.63) is 34.8 Å². The van der Waals surface area contributed by atoms with Gasteiger partial charge in [-0.3, -0.25) is 0 Å². The quantitative estimate of drug-likeness (QED) is 0.166. The molecule has 0 aliphatic rings. The largest absolute Gasteiger partial charge is 0.493 e. The highest BCUT2D eigenvalue weighted by molar-refractivity contribution is 7.99. The number of benzene rings is 1. The van der Waals surface area contributed by atoms with Crippen LogP contribution in [0.1, 0.15) is 22.7 Å². The van der Waals surface area contributed by atoms with Gasteiger partial charge in [-0.05, 0) is 32.0 Å². The highest BCUT2D eigenvalue weighted by Crippen LogP contribution is 2.40. The lowest BCUT2D eigenvalue weighted by Gasteiger charge is -2.12. The first-order chi connectivity index (χ1) is 17.4. The maximum atomic E-state index is 5.94. The number of nitrogens with zero attached hydrogens (tertiary/aromatic N) is 3. The Morgan fingerprint density at radius 3 is 2.22 bits per heavy atom. The Morgan fingerprint density at radius 1 is 0.889 bits per heavy atom. The molecule has 0 amide bonds. The first-order valence-electron chi connectivity index (χ1n) is 11.4. The molecule has 0 aliphatic heterocycles. The fourth-order valence-corrected chi connectivity index (χ4v) is 5.29. The van der Waals surface area contributed by atoms with E-state index in [1.807, 2.05) is 18.2 Å². The van der Waals surface area contributed by atoms with Crippen LogP contribution in [0.15, 0.2) is 29.4 Å². The Bertz CT molecular complexity index is 1090. The van der Waals surface area contributed by atoms with E-state index in [2.05, 4.69) is 23.8 Å². The molecule has 0 aliphatic carbocycles. The third-order valence-corrected chi connectivity index (χ3v) is 6.95. The van der Waals surface area contributed by atoms with Crippen molar-refractivity contribution >= 4 is 34.7 Å². The summed E-state index contributed by atoms with van der Waals surface area (Å²) < 4.78 is 27.3. The molecule has 0 saturated carbocycles. The Morgan fingerprint density at radius 2 is 1.56 bits per heavy atom. The smallest absolute Gasteiger partial charge is 0.192 e. The Balaban J connectivity index is 1.61. The molecule has 12 heteroatoms. The zero-order valence-electron chi connectivity index (χ0n) is 21.0. The molecule has 1 aromatic carbocycles.